The van der Waals surface area contributed by atoms with E-state index in [1.807, 2.05) is 25.7 Å². The number of likely N-dealkylation sites (tertiary alicyclic amines) is 1. The first-order valence-corrected chi connectivity index (χ1v) is 8.26. The van der Waals surface area contributed by atoms with Crippen LogP contribution in [-0.2, 0) is 9.47 Å². The van der Waals surface area contributed by atoms with E-state index >= 15 is 0 Å². The number of amides is 1. The van der Waals surface area contributed by atoms with Gasteiger partial charge in [-0.3, -0.25) is 4.90 Å². The highest BCUT2D eigenvalue weighted by Crippen LogP contribution is 2.23. The first-order chi connectivity index (χ1) is 10.3. The van der Waals surface area contributed by atoms with Gasteiger partial charge < -0.3 is 19.5 Å². The Hall–Kier alpha value is -0.850. The number of hydrogen-bond donors (Lipinski definition) is 1. The summed E-state index contributed by atoms with van der Waals surface area (Å²) in [5, 5.41) is 9.29. The molecule has 1 amide bonds. The van der Waals surface area contributed by atoms with E-state index in [1.165, 1.54) is 0 Å². The quantitative estimate of drug-likeness (QED) is 0.855. The second-order valence-corrected chi connectivity index (χ2v) is 7.41. The Bertz CT molecular complexity index is 383. The van der Waals surface area contributed by atoms with Crippen LogP contribution in [0.1, 0.15) is 40.5 Å². The van der Waals surface area contributed by atoms with Gasteiger partial charge in [0, 0.05) is 31.7 Å². The minimum atomic E-state index is -0.460. The van der Waals surface area contributed by atoms with Gasteiger partial charge in [-0.05, 0) is 40.5 Å². The van der Waals surface area contributed by atoms with Gasteiger partial charge in [-0.1, -0.05) is 0 Å². The van der Waals surface area contributed by atoms with Gasteiger partial charge in [-0.2, -0.15) is 0 Å². The summed E-state index contributed by atoms with van der Waals surface area (Å²) in [7, 11) is 0. The Kier molecular flexibility index (Phi) is 5.69. The van der Waals surface area contributed by atoms with Gasteiger partial charge in [-0.25, -0.2) is 4.79 Å². The molecule has 128 valence electrons. The Labute approximate surface area is 133 Å². The summed E-state index contributed by atoms with van der Waals surface area (Å²) < 4.78 is 11.1. The summed E-state index contributed by atoms with van der Waals surface area (Å²) in [6.07, 6.45) is 1.70. The number of hydrogen-bond acceptors (Lipinski definition) is 5. The van der Waals surface area contributed by atoms with Gasteiger partial charge in [0.2, 0.25) is 0 Å². The van der Waals surface area contributed by atoms with Crippen LogP contribution in [-0.4, -0.2) is 77.6 Å². The van der Waals surface area contributed by atoms with E-state index in [4.69, 9.17) is 9.47 Å². The van der Waals surface area contributed by atoms with Crippen molar-refractivity contribution in [3.8, 4) is 0 Å². The Morgan fingerprint density at radius 1 is 1.41 bits per heavy atom. The average molecular weight is 314 g/mol. The molecule has 2 aliphatic rings. The van der Waals surface area contributed by atoms with Crippen LogP contribution in [0.5, 0.6) is 0 Å². The Balaban J connectivity index is 1.94. The summed E-state index contributed by atoms with van der Waals surface area (Å²) in [4.78, 5) is 16.5. The maximum Gasteiger partial charge on any atom is 0.410 e. The molecule has 2 saturated heterocycles. The highest BCUT2D eigenvalue weighted by atomic mass is 16.6. The summed E-state index contributed by atoms with van der Waals surface area (Å²) in [6.45, 7) is 10.8. The molecule has 2 unspecified atom stereocenters. The molecule has 0 aromatic rings. The molecule has 6 heteroatoms. The van der Waals surface area contributed by atoms with Crippen molar-refractivity contribution in [2.45, 2.75) is 64.3 Å². The van der Waals surface area contributed by atoms with Crippen molar-refractivity contribution in [3.05, 3.63) is 0 Å². The van der Waals surface area contributed by atoms with Crippen LogP contribution in [0.2, 0.25) is 0 Å². The minimum absolute atomic E-state index is 0.0453. The Morgan fingerprint density at radius 3 is 2.77 bits per heavy atom. The molecule has 22 heavy (non-hydrogen) atoms. The predicted molar refractivity (Wildman–Crippen MR) is 83.8 cm³/mol. The molecule has 1 N–H and O–H groups in total. The standard InChI is InChI=1S/C16H30N2O4/c1-12-11-21-14(10-19)9-17(12)8-13-6-5-7-18(13)15(20)22-16(2,3)4/h12-14,19H,5-11H2,1-4H3/t12?,13-,14?/m1/s1. The molecular weight excluding hydrogens is 284 g/mol. The van der Waals surface area contributed by atoms with Crippen molar-refractivity contribution in [3.63, 3.8) is 0 Å². The summed E-state index contributed by atoms with van der Waals surface area (Å²) in [5.41, 5.74) is -0.460. The molecule has 0 radical (unpaired) electrons. The fourth-order valence-electron chi connectivity index (χ4n) is 3.10. The summed E-state index contributed by atoms with van der Waals surface area (Å²) in [5.74, 6) is 0. The molecule has 0 aliphatic carbocycles. The zero-order valence-electron chi connectivity index (χ0n) is 14.2. The van der Waals surface area contributed by atoms with Crippen LogP contribution in [0.4, 0.5) is 4.79 Å². The lowest BCUT2D eigenvalue weighted by atomic mass is 10.1. The first-order valence-electron chi connectivity index (χ1n) is 8.26. The molecule has 2 rings (SSSR count). The smallest absolute Gasteiger partial charge is 0.410 e. The van der Waals surface area contributed by atoms with E-state index in [-0.39, 0.29) is 24.8 Å². The van der Waals surface area contributed by atoms with Crippen LogP contribution >= 0.6 is 0 Å². The molecule has 0 bridgehead atoms. The molecule has 6 nitrogen and oxygen atoms in total. The third-order valence-corrected chi connectivity index (χ3v) is 4.29. The molecule has 0 aromatic carbocycles. The van der Waals surface area contributed by atoms with E-state index < -0.39 is 5.60 Å². The van der Waals surface area contributed by atoms with Crippen molar-refractivity contribution in [1.29, 1.82) is 0 Å². The molecule has 0 spiro atoms. The fourth-order valence-corrected chi connectivity index (χ4v) is 3.10. The number of carbonyl (C=O) groups excluding carboxylic acids is 1. The van der Waals surface area contributed by atoms with Gasteiger partial charge in [0.25, 0.3) is 0 Å². The van der Waals surface area contributed by atoms with Gasteiger partial charge in [0.05, 0.1) is 19.3 Å². The van der Waals surface area contributed by atoms with Gasteiger partial charge in [-0.15, -0.1) is 0 Å². The largest absolute Gasteiger partial charge is 0.444 e. The van der Waals surface area contributed by atoms with Crippen LogP contribution in [0.25, 0.3) is 0 Å². The molecule has 2 fully saturated rings. The van der Waals surface area contributed by atoms with Crippen molar-refractivity contribution >= 4 is 6.09 Å². The zero-order chi connectivity index (χ0) is 16.3. The lowest BCUT2D eigenvalue weighted by Gasteiger charge is -2.40. The van der Waals surface area contributed by atoms with E-state index in [2.05, 4.69) is 11.8 Å². The van der Waals surface area contributed by atoms with Gasteiger partial charge in [0.1, 0.15) is 5.60 Å². The molecule has 3 atom stereocenters. The van der Waals surface area contributed by atoms with Gasteiger partial charge in [0.15, 0.2) is 0 Å². The molecule has 2 aliphatic heterocycles. The van der Waals surface area contributed by atoms with E-state index in [0.717, 1.165) is 32.5 Å². The maximum atomic E-state index is 12.3. The third kappa shape index (κ3) is 4.57. The number of aliphatic hydroxyl groups is 1. The van der Waals surface area contributed by atoms with Crippen LogP contribution in [0.15, 0.2) is 0 Å². The maximum absolute atomic E-state index is 12.3. The lowest BCUT2D eigenvalue weighted by molar-refractivity contribution is -0.0824. The SMILES string of the molecule is CC1COC(CO)CN1C[C@H]1CCCN1C(=O)OC(C)(C)C. The van der Waals surface area contributed by atoms with Crippen LogP contribution in [0, 0.1) is 0 Å². The highest BCUT2D eigenvalue weighted by molar-refractivity contribution is 5.69. The fraction of sp³-hybridized carbons (Fsp3) is 0.938. The normalized spacial score (nSPS) is 30.6. The number of morpholine rings is 1. The summed E-state index contributed by atoms with van der Waals surface area (Å²) >= 11 is 0. The van der Waals surface area contributed by atoms with Gasteiger partial charge >= 0.3 is 6.09 Å². The number of rotatable bonds is 3. The van der Waals surface area contributed by atoms with E-state index in [1.54, 1.807) is 0 Å². The number of carbonyl (C=O) groups is 1. The monoisotopic (exact) mass is 314 g/mol. The molecule has 0 aromatic heterocycles. The topological polar surface area (TPSA) is 62.2 Å². The lowest BCUT2D eigenvalue weighted by Crippen LogP contribution is -2.54. The zero-order valence-corrected chi connectivity index (χ0v) is 14.2. The van der Waals surface area contributed by atoms with E-state index in [0.29, 0.717) is 12.6 Å². The first kappa shape index (κ1) is 17.5. The van der Waals surface area contributed by atoms with Crippen molar-refractivity contribution in [2.75, 3.05) is 32.8 Å². The van der Waals surface area contributed by atoms with Crippen LogP contribution < -0.4 is 0 Å². The van der Waals surface area contributed by atoms with E-state index in [9.17, 15) is 9.90 Å². The second kappa shape index (κ2) is 7.15. The predicted octanol–water partition coefficient (Wildman–Crippen LogP) is 1.47. The minimum Gasteiger partial charge on any atom is -0.444 e. The number of nitrogens with zero attached hydrogens (tertiary/aromatic N) is 2. The average Bonchev–Trinajstić information content (AvgIpc) is 2.87. The molecule has 0 saturated carbocycles. The number of ether oxygens (including phenoxy) is 2. The highest BCUT2D eigenvalue weighted by Gasteiger charge is 2.35. The molecular formula is C16H30N2O4. The third-order valence-electron chi connectivity index (χ3n) is 4.29. The second-order valence-electron chi connectivity index (χ2n) is 7.41. The molecule has 2 heterocycles. The van der Waals surface area contributed by atoms with Crippen molar-refractivity contribution in [1.82, 2.24) is 9.80 Å². The Morgan fingerprint density at radius 2 is 2.14 bits per heavy atom. The van der Waals surface area contributed by atoms with Crippen molar-refractivity contribution < 1.29 is 19.4 Å². The van der Waals surface area contributed by atoms with Crippen molar-refractivity contribution in [2.24, 2.45) is 0 Å². The summed E-state index contributed by atoms with van der Waals surface area (Å²) in [6, 6.07) is 0.499. The number of aliphatic hydroxyl groups excluding tert-OH is 1. The van der Waals surface area contributed by atoms with Crippen LogP contribution in [0.3, 0.4) is 0 Å².